The third kappa shape index (κ3) is 2.98. The van der Waals surface area contributed by atoms with Gasteiger partial charge in [-0.2, -0.15) is 0 Å². The van der Waals surface area contributed by atoms with Gasteiger partial charge in [0, 0.05) is 15.9 Å². The van der Waals surface area contributed by atoms with E-state index in [0.717, 1.165) is 10.6 Å². The van der Waals surface area contributed by atoms with Crippen LogP contribution in [0.1, 0.15) is 5.56 Å². The second-order valence-corrected chi connectivity index (χ2v) is 8.28. The minimum Gasteiger partial charge on any atom is -0.309 e. The summed E-state index contributed by atoms with van der Waals surface area (Å²) in [5, 5.41) is 2.16. The molecule has 120 valence electrons. The van der Waals surface area contributed by atoms with Crippen LogP contribution in [0, 0.1) is 5.82 Å². The van der Waals surface area contributed by atoms with Crippen LogP contribution in [0.3, 0.4) is 0 Å². The molecule has 0 aliphatic rings. The topological polar surface area (TPSA) is 17.1 Å². The summed E-state index contributed by atoms with van der Waals surface area (Å²) >= 11 is 0. The Kier molecular flexibility index (Phi) is 4.78. The minimum atomic E-state index is -3.08. The van der Waals surface area contributed by atoms with Gasteiger partial charge in [-0.05, 0) is 30.2 Å². The summed E-state index contributed by atoms with van der Waals surface area (Å²) in [7, 11) is -3.08. The smallest absolute Gasteiger partial charge is 0.171 e. The molecule has 0 aliphatic carbocycles. The number of hydrogen-bond donors (Lipinski definition) is 0. The zero-order valence-electron chi connectivity index (χ0n) is 13.2. The van der Waals surface area contributed by atoms with E-state index < -0.39 is 7.14 Å². The Morgan fingerprint density at radius 3 is 1.92 bits per heavy atom. The molecule has 0 fully saturated rings. The lowest BCUT2D eigenvalue weighted by Gasteiger charge is -2.22. The monoisotopic (exact) mass is 336 g/mol. The van der Waals surface area contributed by atoms with Crippen LogP contribution in [0.4, 0.5) is 4.39 Å². The fourth-order valence-electron chi connectivity index (χ4n) is 2.88. The first-order valence-electron chi connectivity index (χ1n) is 7.77. The van der Waals surface area contributed by atoms with Crippen molar-refractivity contribution in [3.8, 4) is 0 Å². The highest BCUT2D eigenvalue weighted by Gasteiger charge is 2.31. The lowest BCUT2D eigenvalue weighted by atomic mass is 10.1. The van der Waals surface area contributed by atoms with Gasteiger partial charge in [-0.3, -0.25) is 0 Å². The van der Waals surface area contributed by atoms with E-state index in [1.165, 1.54) is 12.1 Å². The maximum absolute atomic E-state index is 14.3. The Bertz CT molecular complexity index is 845. The van der Waals surface area contributed by atoms with E-state index >= 15 is 0 Å². The van der Waals surface area contributed by atoms with Gasteiger partial charge in [-0.1, -0.05) is 66.7 Å². The van der Waals surface area contributed by atoms with Gasteiger partial charge in [0.25, 0.3) is 0 Å². The Morgan fingerprint density at radius 1 is 0.875 bits per heavy atom. The zero-order valence-corrected chi connectivity index (χ0v) is 14.1. The molecule has 3 rings (SSSR count). The molecule has 3 heteroatoms. The molecule has 0 heterocycles. The van der Waals surface area contributed by atoms with Crippen LogP contribution in [-0.4, -0.2) is 0 Å². The third-order valence-corrected chi connectivity index (χ3v) is 7.15. The molecule has 0 saturated heterocycles. The van der Waals surface area contributed by atoms with Crippen molar-refractivity contribution < 1.29 is 8.96 Å². The highest BCUT2D eigenvalue weighted by Crippen LogP contribution is 2.43. The van der Waals surface area contributed by atoms with Crippen molar-refractivity contribution in [1.82, 2.24) is 0 Å². The molecule has 3 aromatic carbocycles. The van der Waals surface area contributed by atoms with Gasteiger partial charge in [0.05, 0.1) is 0 Å². The minimum absolute atomic E-state index is 0.330. The fourth-order valence-corrected chi connectivity index (χ4v) is 5.77. The van der Waals surface area contributed by atoms with Crippen molar-refractivity contribution in [2.75, 3.05) is 0 Å². The van der Waals surface area contributed by atoms with Crippen LogP contribution in [0.2, 0.25) is 0 Å². The highest BCUT2D eigenvalue weighted by molar-refractivity contribution is 7.85. The lowest BCUT2D eigenvalue weighted by molar-refractivity contribution is 0.592. The molecule has 1 nitrogen and oxygen atoms in total. The SMILES string of the molecule is C=CCc1cc(F)ccc1P(=O)(c1ccccc1)c1ccccc1. The maximum Gasteiger partial charge on any atom is 0.171 e. The van der Waals surface area contributed by atoms with Crippen LogP contribution in [0.5, 0.6) is 0 Å². The van der Waals surface area contributed by atoms with Gasteiger partial charge in [0.1, 0.15) is 5.82 Å². The molecule has 0 bridgehead atoms. The molecule has 0 N–H and O–H groups in total. The molecule has 0 aliphatic heterocycles. The average molecular weight is 336 g/mol. The summed E-state index contributed by atoms with van der Waals surface area (Å²) in [6, 6.07) is 23.3. The van der Waals surface area contributed by atoms with E-state index in [4.69, 9.17) is 0 Å². The molecular weight excluding hydrogens is 318 g/mol. The summed E-state index contributed by atoms with van der Waals surface area (Å²) in [4.78, 5) is 0. The quantitative estimate of drug-likeness (QED) is 0.504. The Hall–Kier alpha value is -2.44. The van der Waals surface area contributed by atoms with E-state index in [0.29, 0.717) is 17.3 Å². The normalized spacial score (nSPS) is 11.2. The number of rotatable bonds is 5. The molecule has 0 radical (unpaired) electrons. The van der Waals surface area contributed by atoms with Gasteiger partial charge in [-0.25, -0.2) is 4.39 Å². The average Bonchev–Trinajstić information content (AvgIpc) is 2.63. The van der Waals surface area contributed by atoms with E-state index in [1.807, 2.05) is 60.7 Å². The van der Waals surface area contributed by atoms with Crippen molar-refractivity contribution in [3.63, 3.8) is 0 Å². The first-order valence-corrected chi connectivity index (χ1v) is 9.48. The molecule has 0 amide bonds. The first-order chi connectivity index (χ1) is 11.7. The van der Waals surface area contributed by atoms with Crippen molar-refractivity contribution in [2.24, 2.45) is 0 Å². The van der Waals surface area contributed by atoms with Crippen LogP contribution in [0.25, 0.3) is 0 Å². The molecule has 0 aromatic heterocycles. The van der Waals surface area contributed by atoms with E-state index in [9.17, 15) is 8.96 Å². The van der Waals surface area contributed by atoms with Gasteiger partial charge in [0.15, 0.2) is 7.14 Å². The van der Waals surface area contributed by atoms with Crippen molar-refractivity contribution in [3.05, 3.63) is 103 Å². The molecule has 24 heavy (non-hydrogen) atoms. The molecule has 0 atom stereocenters. The predicted octanol–water partition coefficient (Wildman–Crippen LogP) is 4.19. The van der Waals surface area contributed by atoms with Gasteiger partial charge < -0.3 is 4.57 Å². The summed E-state index contributed by atoms with van der Waals surface area (Å²) in [5.74, 6) is -0.330. The first kappa shape index (κ1) is 16.4. The van der Waals surface area contributed by atoms with E-state index in [1.54, 1.807) is 12.1 Å². The zero-order chi connectivity index (χ0) is 17.0. The Morgan fingerprint density at radius 2 is 1.42 bits per heavy atom. The predicted molar refractivity (Wildman–Crippen MR) is 99.7 cm³/mol. The van der Waals surface area contributed by atoms with Gasteiger partial charge in [0.2, 0.25) is 0 Å². The molecule has 0 unspecified atom stereocenters. The van der Waals surface area contributed by atoms with E-state index in [2.05, 4.69) is 6.58 Å². The maximum atomic E-state index is 14.3. The van der Waals surface area contributed by atoms with Crippen LogP contribution < -0.4 is 15.9 Å². The standard InChI is InChI=1S/C21H18FOP/c1-2-9-17-16-18(22)14-15-21(17)24(23,19-10-5-3-6-11-19)20-12-7-4-8-13-20/h2-8,10-16H,1,9H2. The Balaban J connectivity index is 2.32. The van der Waals surface area contributed by atoms with Crippen LogP contribution in [-0.2, 0) is 11.0 Å². The second kappa shape index (κ2) is 6.98. The van der Waals surface area contributed by atoms with E-state index in [-0.39, 0.29) is 5.82 Å². The molecular formula is C21H18FOP. The van der Waals surface area contributed by atoms with Crippen molar-refractivity contribution in [2.45, 2.75) is 6.42 Å². The molecule has 0 saturated carbocycles. The second-order valence-electron chi connectivity index (χ2n) is 5.55. The summed E-state index contributed by atoms with van der Waals surface area (Å²) in [6.45, 7) is 3.74. The number of hydrogen-bond acceptors (Lipinski definition) is 1. The number of halogens is 1. The number of allylic oxidation sites excluding steroid dienone is 1. The van der Waals surface area contributed by atoms with Crippen molar-refractivity contribution in [1.29, 1.82) is 0 Å². The fraction of sp³-hybridized carbons (Fsp3) is 0.0476. The lowest BCUT2D eigenvalue weighted by Crippen LogP contribution is -2.27. The highest BCUT2D eigenvalue weighted by atomic mass is 31.2. The van der Waals surface area contributed by atoms with Crippen molar-refractivity contribution >= 4 is 23.1 Å². The summed E-state index contributed by atoms with van der Waals surface area (Å²) in [6.07, 6.45) is 2.18. The Labute approximate surface area is 141 Å². The van der Waals surface area contributed by atoms with Gasteiger partial charge >= 0.3 is 0 Å². The molecule has 3 aromatic rings. The largest absolute Gasteiger partial charge is 0.309 e. The summed E-state index contributed by atoms with van der Waals surface area (Å²) < 4.78 is 28.0. The van der Waals surface area contributed by atoms with Crippen LogP contribution in [0.15, 0.2) is 91.5 Å². The van der Waals surface area contributed by atoms with Crippen LogP contribution >= 0.6 is 7.14 Å². The molecule has 0 spiro atoms. The summed E-state index contributed by atoms with van der Waals surface area (Å²) in [5.41, 5.74) is 0.709. The van der Waals surface area contributed by atoms with Gasteiger partial charge in [-0.15, -0.1) is 6.58 Å². The number of benzene rings is 3. The third-order valence-electron chi connectivity index (χ3n) is 3.98.